The van der Waals surface area contributed by atoms with Crippen LogP contribution in [-0.4, -0.2) is 12.6 Å². The first-order chi connectivity index (χ1) is 9.69. The van der Waals surface area contributed by atoms with E-state index in [2.05, 4.69) is 50.4 Å². The summed E-state index contributed by atoms with van der Waals surface area (Å²) in [6.07, 6.45) is 8.21. The van der Waals surface area contributed by atoms with Crippen LogP contribution in [0, 0.1) is 18.8 Å². The third-order valence-electron chi connectivity index (χ3n) is 4.88. The van der Waals surface area contributed by atoms with Crippen molar-refractivity contribution in [2.45, 2.75) is 65.3 Å². The lowest BCUT2D eigenvalue weighted by atomic mass is 9.77. The number of benzene rings is 1. The molecule has 1 saturated carbocycles. The van der Waals surface area contributed by atoms with Crippen molar-refractivity contribution in [3.8, 4) is 0 Å². The number of rotatable bonds is 6. The van der Waals surface area contributed by atoms with Gasteiger partial charge in [0.05, 0.1) is 0 Å². The van der Waals surface area contributed by atoms with E-state index in [0.717, 1.165) is 18.4 Å². The van der Waals surface area contributed by atoms with Crippen LogP contribution in [0.1, 0.15) is 57.1 Å². The van der Waals surface area contributed by atoms with Gasteiger partial charge in [-0.05, 0) is 56.6 Å². The maximum Gasteiger partial charge on any atom is 0.00984 e. The second-order valence-corrected chi connectivity index (χ2v) is 6.72. The smallest absolute Gasteiger partial charge is 0.00984 e. The van der Waals surface area contributed by atoms with Crippen molar-refractivity contribution < 1.29 is 0 Å². The molecule has 3 atom stereocenters. The molecule has 0 bridgehead atoms. The van der Waals surface area contributed by atoms with Gasteiger partial charge in [0, 0.05) is 6.04 Å². The Balaban J connectivity index is 1.89. The largest absolute Gasteiger partial charge is 0.314 e. The van der Waals surface area contributed by atoms with Crippen molar-refractivity contribution >= 4 is 0 Å². The lowest BCUT2D eigenvalue weighted by Gasteiger charge is -2.34. The second-order valence-electron chi connectivity index (χ2n) is 6.72. The van der Waals surface area contributed by atoms with Crippen molar-refractivity contribution in [1.29, 1.82) is 0 Å². The van der Waals surface area contributed by atoms with Crippen LogP contribution in [0.15, 0.2) is 24.3 Å². The van der Waals surface area contributed by atoms with Crippen LogP contribution < -0.4 is 5.32 Å². The summed E-state index contributed by atoms with van der Waals surface area (Å²) >= 11 is 0. The standard InChI is InChI=1S/C19H31N/c1-4-20-19(18-7-5-6-16(3)14-18)13-12-17-10-8-15(2)9-11-17/h8-11,16,18-20H,4-7,12-14H2,1-3H3. The summed E-state index contributed by atoms with van der Waals surface area (Å²) in [5.74, 6) is 1.82. The zero-order valence-corrected chi connectivity index (χ0v) is 13.5. The van der Waals surface area contributed by atoms with Gasteiger partial charge in [0.2, 0.25) is 0 Å². The first kappa shape index (κ1) is 15.6. The van der Waals surface area contributed by atoms with Crippen molar-refractivity contribution in [1.82, 2.24) is 5.32 Å². The SMILES string of the molecule is CCNC(CCc1ccc(C)cc1)C1CCCC(C)C1. The molecule has 0 radical (unpaired) electrons. The highest BCUT2D eigenvalue weighted by Gasteiger charge is 2.25. The zero-order valence-electron chi connectivity index (χ0n) is 13.5. The molecule has 1 aromatic carbocycles. The molecule has 1 aromatic rings. The van der Waals surface area contributed by atoms with E-state index in [1.807, 2.05) is 0 Å². The average molecular weight is 273 g/mol. The van der Waals surface area contributed by atoms with Gasteiger partial charge in [0.1, 0.15) is 0 Å². The Labute approximate surface area is 125 Å². The average Bonchev–Trinajstić information content (AvgIpc) is 2.45. The van der Waals surface area contributed by atoms with Crippen LogP contribution in [0.5, 0.6) is 0 Å². The summed E-state index contributed by atoms with van der Waals surface area (Å²) < 4.78 is 0. The van der Waals surface area contributed by atoms with E-state index in [4.69, 9.17) is 0 Å². The number of hydrogen-bond acceptors (Lipinski definition) is 1. The lowest BCUT2D eigenvalue weighted by molar-refractivity contribution is 0.216. The fraction of sp³-hybridized carbons (Fsp3) is 0.684. The Kier molecular flexibility index (Phi) is 6.09. The van der Waals surface area contributed by atoms with Crippen molar-refractivity contribution in [2.24, 2.45) is 11.8 Å². The Morgan fingerprint density at radius 1 is 1.20 bits per heavy atom. The zero-order chi connectivity index (χ0) is 14.4. The number of nitrogens with one attached hydrogen (secondary N) is 1. The number of aryl methyl sites for hydroxylation is 2. The molecular weight excluding hydrogens is 242 g/mol. The van der Waals surface area contributed by atoms with Gasteiger partial charge in [-0.2, -0.15) is 0 Å². The van der Waals surface area contributed by atoms with Crippen LogP contribution in [0.2, 0.25) is 0 Å². The molecule has 1 fully saturated rings. The topological polar surface area (TPSA) is 12.0 Å². The predicted octanol–water partition coefficient (Wildman–Crippen LogP) is 4.73. The highest BCUT2D eigenvalue weighted by molar-refractivity contribution is 5.21. The molecule has 20 heavy (non-hydrogen) atoms. The maximum absolute atomic E-state index is 3.75. The van der Waals surface area contributed by atoms with E-state index in [9.17, 15) is 0 Å². The fourth-order valence-electron chi connectivity index (χ4n) is 3.69. The van der Waals surface area contributed by atoms with Crippen molar-refractivity contribution in [3.05, 3.63) is 35.4 Å². The lowest BCUT2D eigenvalue weighted by Crippen LogP contribution is -2.38. The van der Waals surface area contributed by atoms with E-state index in [1.54, 1.807) is 0 Å². The molecule has 3 unspecified atom stereocenters. The molecular formula is C19H31N. The van der Waals surface area contributed by atoms with E-state index < -0.39 is 0 Å². The minimum Gasteiger partial charge on any atom is -0.314 e. The predicted molar refractivity (Wildman–Crippen MR) is 88.1 cm³/mol. The molecule has 1 aliphatic carbocycles. The molecule has 0 spiro atoms. The van der Waals surface area contributed by atoms with Crippen LogP contribution in [-0.2, 0) is 6.42 Å². The van der Waals surface area contributed by atoms with Gasteiger partial charge in [-0.15, -0.1) is 0 Å². The molecule has 0 saturated heterocycles. The minimum atomic E-state index is 0.712. The van der Waals surface area contributed by atoms with E-state index in [-0.39, 0.29) is 0 Å². The van der Waals surface area contributed by atoms with Gasteiger partial charge in [-0.3, -0.25) is 0 Å². The third kappa shape index (κ3) is 4.63. The Bertz CT molecular complexity index is 381. The minimum absolute atomic E-state index is 0.712. The summed E-state index contributed by atoms with van der Waals surface area (Å²) in [5, 5.41) is 3.75. The molecule has 0 heterocycles. The Morgan fingerprint density at radius 3 is 2.60 bits per heavy atom. The van der Waals surface area contributed by atoms with E-state index in [0.29, 0.717) is 6.04 Å². The van der Waals surface area contributed by atoms with Gasteiger partial charge in [0.25, 0.3) is 0 Å². The van der Waals surface area contributed by atoms with Crippen LogP contribution in [0.25, 0.3) is 0 Å². The van der Waals surface area contributed by atoms with Gasteiger partial charge < -0.3 is 5.32 Å². The Morgan fingerprint density at radius 2 is 1.95 bits per heavy atom. The molecule has 0 aliphatic heterocycles. The first-order valence-electron chi connectivity index (χ1n) is 8.48. The fourth-order valence-corrected chi connectivity index (χ4v) is 3.69. The van der Waals surface area contributed by atoms with Crippen LogP contribution in [0.4, 0.5) is 0 Å². The highest BCUT2D eigenvalue weighted by atomic mass is 14.9. The summed E-state index contributed by atoms with van der Waals surface area (Å²) in [5.41, 5.74) is 2.85. The van der Waals surface area contributed by atoms with E-state index >= 15 is 0 Å². The number of hydrogen-bond donors (Lipinski definition) is 1. The molecule has 1 heteroatoms. The summed E-state index contributed by atoms with van der Waals surface area (Å²) in [4.78, 5) is 0. The van der Waals surface area contributed by atoms with Crippen LogP contribution in [0.3, 0.4) is 0 Å². The van der Waals surface area contributed by atoms with Gasteiger partial charge >= 0.3 is 0 Å². The van der Waals surface area contributed by atoms with Gasteiger partial charge in [-0.25, -0.2) is 0 Å². The highest BCUT2D eigenvalue weighted by Crippen LogP contribution is 2.32. The van der Waals surface area contributed by atoms with Gasteiger partial charge in [0.15, 0.2) is 0 Å². The molecule has 1 nitrogen and oxygen atoms in total. The quantitative estimate of drug-likeness (QED) is 0.790. The first-order valence-corrected chi connectivity index (χ1v) is 8.48. The monoisotopic (exact) mass is 273 g/mol. The molecule has 0 aromatic heterocycles. The normalized spacial score (nSPS) is 24.6. The molecule has 1 N–H and O–H groups in total. The molecule has 1 aliphatic rings. The maximum atomic E-state index is 3.75. The van der Waals surface area contributed by atoms with Crippen molar-refractivity contribution in [2.75, 3.05) is 6.54 Å². The summed E-state index contributed by atoms with van der Waals surface area (Å²) in [7, 11) is 0. The third-order valence-corrected chi connectivity index (χ3v) is 4.88. The summed E-state index contributed by atoms with van der Waals surface area (Å²) in [6.45, 7) is 7.93. The molecule has 0 amide bonds. The van der Waals surface area contributed by atoms with Crippen LogP contribution >= 0.6 is 0 Å². The van der Waals surface area contributed by atoms with E-state index in [1.165, 1.54) is 49.7 Å². The molecule has 2 rings (SSSR count). The Hall–Kier alpha value is -0.820. The van der Waals surface area contributed by atoms with Gasteiger partial charge in [-0.1, -0.05) is 56.5 Å². The summed E-state index contributed by atoms with van der Waals surface area (Å²) in [6, 6.07) is 9.77. The second kappa shape index (κ2) is 7.83. The van der Waals surface area contributed by atoms with Crippen molar-refractivity contribution in [3.63, 3.8) is 0 Å². The molecule has 112 valence electrons.